The second kappa shape index (κ2) is 6.43. The molecule has 1 heterocycles. The lowest BCUT2D eigenvalue weighted by atomic mass is 10.1. The summed E-state index contributed by atoms with van der Waals surface area (Å²) in [6, 6.07) is 9.11. The predicted octanol–water partition coefficient (Wildman–Crippen LogP) is 1.84. The lowest BCUT2D eigenvalue weighted by molar-refractivity contribution is -0.131. The Hall–Kier alpha value is -2.30. The molecule has 0 fully saturated rings. The van der Waals surface area contributed by atoms with Crippen molar-refractivity contribution in [2.45, 2.75) is 26.8 Å². The monoisotopic (exact) mass is 287 g/mol. The van der Waals surface area contributed by atoms with Crippen LogP contribution in [0.2, 0.25) is 0 Å². The number of anilines is 1. The van der Waals surface area contributed by atoms with Gasteiger partial charge in [-0.1, -0.05) is 18.2 Å². The molecular formula is C16H21N3O2. The van der Waals surface area contributed by atoms with Crippen molar-refractivity contribution < 1.29 is 4.79 Å². The van der Waals surface area contributed by atoms with Gasteiger partial charge in [-0.05, 0) is 31.4 Å². The molecule has 0 atom stereocenters. The molecule has 112 valence electrons. The molecule has 1 aromatic heterocycles. The van der Waals surface area contributed by atoms with Crippen LogP contribution >= 0.6 is 0 Å². The van der Waals surface area contributed by atoms with Gasteiger partial charge in [-0.15, -0.1) is 0 Å². The van der Waals surface area contributed by atoms with E-state index in [2.05, 4.69) is 0 Å². The van der Waals surface area contributed by atoms with Crippen LogP contribution in [-0.2, 0) is 11.3 Å². The third-order valence-electron chi connectivity index (χ3n) is 3.72. The number of hydrogen-bond acceptors (Lipinski definition) is 3. The van der Waals surface area contributed by atoms with Crippen LogP contribution in [0.25, 0.3) is 10.8 Å². The molecule has 0 aliphatic rings. The van der Waals surface area contributed by atoms with E-state index in [4.69, 9.17) is 5.73 Å². The number of hydrogen-bond donors (Lipinski definition) is 1. The summed E-state index contributed by atoms with van der Waals surface area (Å²) in [7, 11) is 0. The Kier molecular flexibility index (Phi) is 4.62. The van der Waals surface area contributed by atoms with Crippen LogP contribution in [-0.4, -0.2) is 28.5 Å². The number of amides is 1. The number of pyridine rings is 1. The van der Waals surface area contributed by atoms with E-state index in [-0.39, 0.29) is 17.9 Å². The van der Waals surface area contributed by atoms with Crippen LogP contribution in [0.5, 0.6) is 0 Å². The van der Waals surface area contributed by atoms with E-state index in [1.54, 1.807) is 17.0 Å². The van der Waals surface area contributed by atoms with Crippen molar-refractivity contribution in [1.29, 1.82) is 0 Å². The van der Waals surface area contributed by atoms with Crippen molar-refractivity contribution in [1.82, 2.24) is 9.47 Å². The molecule has 5 heteroatoms. The normalized spacial score (nSPS) is 10.8. The number of carbonyl (C=O) groups is 1. The number of nitrogens with zero attached hydrogens (tertiary/aromatic N) is 2. The van der Waals surface area contributed by atoms with Crippen molar-refractivity contribution in [3.63, 3.8) is 0 Å². The molecule has 1 amide bonds. The molecular weight excluding hydrogens is 266 g/mol. The van der Waals surface area contributed by atoms with Crippen molar-refractivity contribution >= 4 is 22.5 Å². The van der Waals surface area contributed by atoms with Gasteiger partial charge >= 0.3 is 0 Å². The molecule has 0 aliphatic heterocycles. The summed E-state index contributed by atoms with van der Waals surface area (Å²) in [5, 5.41) is 1.45. The number of carbonyl (C=O) groups excluding carboxylic acids is 1. The van der Waals surface area contributed by atoms with Gasteiger partial charge in [-0.2, -0.15) is 0 Å². The average Bonchev–Trinajstić information content (AvgIpc) is 2.48. The number of aromatic nitrogens is 1. The lowest BCUT2D eigenvalue weighted by Gasteiger charge is -2.19. The predicted molar refractivity (Wildman–Crippen MR) is 85.2 cm³/mol. The minimum atomic E-state index is -0.141. The molecule has 0 bridgehead atoms. The molecule has 5 nitrogen and oxygen atoms in total. The highest BCUT2D eigenvalue weighted by Gasteiger charge is 2.12. The smallest absolute Gasteiger partial charge is 0.259 e. The van der Waals surface area contributed by atoms with E-state index < -0.39 is 0 Å². The van der Waals surface area contributed by atoms with E-state index >= 15 is 0 Å². The van der Waals surface area contributed by atoms with Crippen LogP contribution in [0.3, 0.4) is 0 Å². The van der Waals surface area contributed by atoms with Crippen molar-refractivity contribution in [3.05, 3.63) is 40.7 Å². The highest BCUT2D eigenvalue weighted by Crippen LogP contribution is 2.13. The maximum atomic E-state index is 12.4. The molecule has 21 heavy (non-hydrogen) atoms. The molecule has 0 aliphatic carbocycles. The zero-order chi connectivity index (χ0) is 15.4. The maximum absolute atomic E-state index is 12.4. The van der Waals surface area contributed by atoms with Gasteiger partial charge in [0.25, 0.3) is 5.56 Å². The molecule has 0 unspecified atom stereocenters. The van der Waals surface area contributed by atoms with Gasteiger partial charge in [-0.25, -0.2) is 0 Å². The summed E-state index contributed by atoms with van der Waals surface area (Å²) >= 11 is 0. The van der Waals surface area contributed by atoms with Gasteiger partial charge in [0.2, 0.25) is 5.91 Å². The Morgan fingerprint density at radius 1 is 1.24 bits per heavy atom. The second-order valence-corrected chi connectivity index (χ2v) is 4.93. The van der Waals surface area contributed by atoms with Gasteiger partial charge in [0, 0.05) is 31.4 Å². The van der Waals surface area contributed by atoms with Crippen LogP contribution in [0.4, 0.5) is 5.82 Å². The van der Waals surface area contributed by atoms with Crippen molar-refractivity contribution in [2.75, 3.05) is 18.8 Å². The molecule has 0 spiro atoms. The molecule has 2 rings (SSSR count). The standard InChI is InChI=1S/C16H21N3O2/c1-3-18(4-2)15(20)9-10-19-14(17)11-12-7-5-6-8-13(12)16(19)21/h5-8,11H,3-4,9-10,17H2,1-2H3. The zero-order valence-corrected chi connectivity index (χ0v) is 12.5. The van der Waals surface area contributed by atoms with Gasteiger partial charge in [0.15, 0.2) is 0 Å². The molecule has 1 aromatic carbocycles. The number of nitrogen functional groups attached to an aromatic ring is 1. The lowest BCUT2D eigenvalue weighted by Crippen LogP contribution is -2.32. The molecule has 0 saturated carbocycles. The summed E-state index contributed by atoms with van der Waals surface area (Å²) in [4.78, 5) is 26.2. The fraction of sp³-hybridized carbons (Fsp3) is 0.375. The third kappa shape index (κ3) is 3.07. The summed E-state index contributed by atoms with van der Waals surface area (Å²) in [5.41, 5.74) is 5.81. The zero-order valence-electron chi connectivity index (χ0n) is 12.5. The van der Waals surface area contributed by atoms with Crippen molar-refractivity contribution in [2.24, 2.45) is 0 Å². The van der Waals surface area contributed by atoms with Crippen LogP contribution < -0.4 is 11.3 Å². The van der Waals surface area contributed by atoms with Crippen LogP contribution in [0.15, 0.2) is 35.1 Å². The van der Waals surface area contributed by atoms with Crippen LogP contribution in [0, 0.1) is 0 Å². The summed E-state index contributed by atoms with van der Waals surface area (Å²) < 4.78 is 1.48. The summed E-state index contributed by atoms with van der Waals surface area (Å²) in [6.07, 6.45) is 0.282. The van der Waals surface area contributed by atoms with E-state index in [0.717, 1.165) is 5.39 Å². The van der Waals surface area contributed by atoms with Gasteiger partial charge in [-0.3, -0.25) is 14.2 Å². The molecule has 2 aromatic rings. The largest absolute Gasteiger partial charge is 0.385 e. The van der Waals surface area contributed by atoms with E-state index in [1.807, 2.05) is 32.0 Å². The first-order chi connectivity index (χ1) is 10.1. The van der Waals surface area contributed by atoms with Crippen LogP contribution in [0.1, 0.15) is 20.3 Å². The topological polar surface area (TPSA) is 68.3 Å². The van der Waals surface area contributed by atoms with Crippen molar-refractivity contribution in [3.8, 4) is 0 Å². The fourth-order valence-corrected chi connectivity index (χ4v) is 2.49. The molecule has 2 N–H and O–H groups in total. The summed E-state index contributed by atoms with van der Waals surface area (Å²) in [6.45, 7) is 5.55. The number of nitrogens with two attached hydrogens (primary N) is 1. The Labute approximate surface area is 124 Å². The first-order valence-electron chi connectivity index (χ1n) is 7.24. The SMILES string of the molecule is CCN(CC)C(=O)CCn1c(N)cc2ccccc2c1=O. The molecule has 0 radical (unpaired) electrons. The quantitative estimate of drug-likeness (QED) is 0.912. The number of rotatable bonds is 5. The Morgan fingerprint density at radius 3 is 2.57 bits per heavy atom. The van der Waals surface area contributed by atoms with E-state index in [0.29, 0.717) is 30.8 Å². The maximum Gasteiger partial charge on any atom is 0.259 e. The first kappa shape index (κ1) is 15.1. The van der Waals surface area contributed by atoms with Gasteiger partial charge in [0.1, 0.15) is 5.82 Å². The van der Waals surface area contributed by atoms with E-state index in [1.165, 1.54) is 4.57 Å². The highest BCUT2D eigenvalue weighted by atomic mass is 16.2. The second-order valence-electron chi connectivity index (χ2n) is 4.93. The Bertz CT molecular complexity index is 702. The number of fused-ring (bicyclic) bond motifs is 1. The fourth-order valence-electron chi connectivity index (χ4n) is 2.49. The third-order valence-corrected chi connectivity index (χ3v) is 3.72. The average molecular weight is 287 g/mol. The van der Waals surface area contributed by atoms with Gasteiger partial charge < -0.3 is 10.6 Å². The molecule has 0 saturated heterocycles. The van der Waals surface area contributed by atoms with Gasteiger partial charge in [0.05, 0.1) is 0 Å². The highest BCUT2D eigenvalue weighted by molar-refractivity contribution is 5.83. The van der Waals surface area contributed by atoms with E-state index in [9.17, 15) is 9.59 Å². The first-order valence-corrected chi connectivity index (χ1v) is 7.24. The Balaban J connectivity index is 2.27. The minimum absolute atomic E-state index is 0.0412. The summed E-state index contributed by atoms with van der Waals surface area (Å²) in [5.74, 6) is 0.436. The Morgan fingerprint density at radius 2 is 1.90 bits per heavy atom. The minimum Gasteiger partial charge on any atom is -0.385 e. The number of benzene rings is 1.